The Hall–Kier alpha value is -1.26. The molecular formula is C13H24N2O3. The number of hydrogen-bond acceptors (Lipinski definition) is 2. The second-order valence-corrected chi connectivity index (χ2v) is 4.86. The minimum absolute atomic E-state index is 0.0275. The van der Waals surface area contributed by atoms with Crippen LogP contribution in [0.3, 0.4) is 0 Å². The summed E-state index contributed by atoms with van der Waals surface area (Å²) in [5, 5.41) is 11.5. The van der Waals surface area contributed by atoms with Crippen LogP contribution in [0.15, 0.2) is 0 Å². The molecule has 2 N–H and O–H groups in total. The third-order valence-electron chi connectivity index (χ3n) is 3.12. The second-order valence-electron chi connectivity index (χ2n) is 4.86. The zero-order valence-electron chi connectivity index (χ0n) is 11.2. The van der Waals surface area contributed by atoms with Crippen molar-refractivity contribution < 1.29 is 14.7 Å². The number of nitrogens with zero attached hydrogens (tertiary/aromatic N) is 1. The Morgan fingerprint density at radius 3 is 2.56 bits per heavy atom. The number of rotatable bonds is 9. The molecule has 0 radical (unpaired) electrons. The van der Waals surface area contributed by atoms with Gasteiger partial charge in [-0.25, -0.2) is 4.79 Å². The average molecular weight is 256 g/mol. The van der Waals surface area contributed by atoms with Crippen molar-refractivity contribution in [3.63, 3.8) is 0 Å². The van der Waals surface area contributed by atoms with E-state index in [1.165, 1.54) is 12.8 Å². The fraction of sp³-hybridized carbons (Fsp3) is 0.846. The first kappa shape index (κ1) is 14.8. The predicted octanol–water partition coefficient (Wildman–Crippen LogP) is 2.22. The number of unbranched alkanes of at least 4 members (excludes halogenated alkanes) is 3. The van der Waals surface area contributed by atoms with Gasteiger partial charge in [0, 0.05) is 19.1 Å². The molecule has 0 saturated heterocycles. The largest absolute Gasteiger partial charge is 0.481 e. The SMILES string of the molecule is CCCCCCNC(=O)N(CCC(=O)O)C1CC1. The van der Waals surface area contributed by atoms with E-state index in [9.17, 15) is 9.59 Å². The molecule has 1 saturated carbocycles. The molecule has 0 aliphatic heterocycles. The highest BCUT2D eigenvalue weighted by molar-refractivity contribution is 5.76. The molecule has 2 amide bonds. The van der Waals surface area contributed by atoms with E-state index in [2.05, 4.69) is 12.2 Å². The van der Waals surface area contributed by atoms with E-state index in [0.717, 1.165) is 25.7 Å². The van der Waals surface area contributed by atoms with Gasteiger partial charge in [-0.05, 0) is 19.3 Å². The summed E-state index contributed by atoms with van der Waals surface area (Å²) in [5.74, 6) is -0.851. The lowest BCUT2D eigenvalue weighted by Crippen LogP contribution is -2.42. The Labute approximate surface area is 109 Å². The predicted molar refractivity (Wildman–Crippen MR) is 69.5 cm³/mol. The molecule has 0 atom stereocenters. The number of nitrogens with one attached hydrogen (secondary N) is 1. The molecule has 104 valence electrons. The maximum atomic E-state index is 11.9. The summed E-state index contributed by atoms with van der Waals surface area (Å²) in [4.78, 5) is 24.1. The van der Waals surface area contributed by atoms with Gasteiger partial charge in [0.05, 0.1) is 6.42 Å². The van der Waals surface area contributed by atoms with Gasteiger partial charge in [0.1, 0.15) is 0 Å². The number of carbonyl (C=O) groups excluding carboxylic acids is 1. The van der Waals surface area contributed by atoms with E-state index < -0.39 is 5.97 Å². The Balaban J connectivity index is 2.20. The van der Waals surface area contributed by atoms with Gasteiger partial charge in [0.25, 0.3) is 0 Å². The van der Waals surface area contributed by atoms with Gasteiger partial charge in [0.2, 0.25) is 0 Å². The number of urea groups is 1. The Morgan fingerprint density at radius 1 is 1.28 bits per heavy atom. The molecule has 0 aromatic heterocycles. The lowest BCUT2D eigenvalue weighted by atomic mass is 10.2. The highest BCUT2D eigenvalue weighted by atomic mass is 16.4. The van der Waals surface area contributed by atoms with Crippen LogP contribution < -0.4 is 5.32 Å². The Morgan fingerprint density at radius 2 is 2.00 bits per heavy atom. The van der Waals surface area contributed by atoms with Crippen LogP contribution in [0.2, 0.25) is 0 Å². The fourth-order valence-corrected chi connectivity index (χ4v) is 1.90. The molecule has 0 aromatic rings. The molecular weight excluding hydrogens is 232 g/mol. The van der Waals surface area contributed by atoms with Crippen LogP contribution in [-0.4, -0.2) is 41.1 Å². The molecule has 5 nitrogen and oxygen atoms in total. The Bertz CT molecular complexity index is 277. The molecule has 0 spiro atoms. The number of amides is 2. The van der Waals surface area contributed by atoms with Crippen molar-refractivity contribution in [2.45, 2.75) is 57.9 Å². The number of aliphatic carboxylic acids is 1. The molecule has 1 aliphatic rings. The first-order valence-corrected chi connectivity index (χ1v) is 6.91. The average Bonchev–Trinajstić information content (AvgIpc) is 3.13. The van der Waals surface area contributed by atoms with Crippen molar-refractivity contribution in [2.75, 3.05) is 13.1 Å². The third kappa shape index (κ3) is 5.89. The van der Waals surface area contributed by atoms with E-state index in [4.69, 9.17) is 5.11 Å². The van der Waals surface area contributed by atoms with E-state index in [1.54, 1.807) is 4.90 Å². The summed E-state index contributed by atoms with van der Waals surface area (Å²) in [6.07, 6.45) is 6.54. The maximum Gasteiger partial charge on any atom is 0.317 e. The zero-order chi connectivity index (χ0) is 13.4. The van der Waals surface area contributed by atoms with Crippen LogP contribution >= 0.6 is 0 Å². The van der Waals surface area contributed by atoms with Crippen molar-refractivity contribution in [2.24, 2.45) is 0 Å². The van der Waals surface area contributed by atoms with Gasteiger partial charge >= 0.3 is 12.0 Å². The number of carboxylic acid groups (broad SMARTS) is 1. The third-order valence-corrected chi connectivity index (χ3v) is 3.12. The van der Waals surface area contributed by atoms with Crippen LogP contribution in [0, 0.1) is 0 Å². The smallest absolute Gasteiger partial charge is 0.317 e. The summed E-state index contributed by atoms with van der Waals surface area (Å²) >= 11 is 0. The highest BCUT2D eigenvalue weighted by Crippen LogP contribution is 2.26. The van der Waals surface area contributed by atoms with Gasteiger partial charge in [0.15, 0.2) is 0 Å². The normalized spacial score (nSPS) is 14.3. The summed E-state index contributed by atoms with van der Waals surface area (Å²) in [5.41, 5.74) is 0. The summed E-state index contributed by atoms with van der Waals surface area (Å²) in [6, 6.07) is 0.162. The van der Waals surface area contributed by atoms with Crippen LogP contribution in [0.25, 0.3) is 0 Å². The molecule has 0 unspecified atom stereocenters. The molecule has 1 rings (SSSR count). The first-order chi connectivity index (χ1) is 8.65. The summed E-state index contributed by atoms with van der Waals surface area (Å²) < 4.78 is 0. The lowest BCUT2D eigenvalue weighted by Gasteiger charge is -2.22. The van der Waals surface area contributed by atoms with Crippen LogP contribution in [0.1, 0.15) is 51.9 Å². The molecule has 0 aromatic carbocycles. The van der Waals surface area contributed by atoms with Gasteiger partial charge in [-0.2, -0.15) is 0 Å². The van der Waals surface area contributed by atoms with Gasteiger partial charge < -0.3 is 15.3 Å². The van der Waals surface area contributed by atoms with Gasteiger partial charge in [-0.15, -0.1) is 0 Å². The molecule has 0 heterocycles. The van der Waals surface area contributed by atoms with E-state index in [1.807, 2.05) is 0 Å². The molecule has 5 heteroatoms. The number of carbonyl (C=O) groups is 2. The maximum absolute atomic E-state index is 11.9. The van der Waals surface area contributed by atoms with Crippen molar-refractivity contribution >= 4 is 12.0 Å². The van der Waals surface area contributed by atoms with Crippen molar-refractivity contribution in [1.82, 2.24) is 10.2 Å². The second kappa shape index (κ2) is 7.95. The van der Waals surface area contributed by atoms with E-state index >= 15 is 0 Å². The zero-order valence-corrected chi connectivity index (χ0v) is 11.2. The minimum atomic E-state index is -0.851. The number of carboxylic acids is 1. The van der Waals surface area contributed by atoms with Crippen LogP contribution in [0.5, 0.6) is 0 Å². The molecule has 1 fully saturated rings. The van der Waals surface area contributed by atoms with E-state index in [0.29, 0.717) is 13.1 Å². The monoisotopic (exact) mass is 256 g/mol. The van der Waals surface area contributed by atoms with Crippen LogP contribution in [-0.2, 0) is 4.79 Å². The van der Waals surface area contributed by atoms with Crippen molar-refractivity contribution in [1.29, 1.82) is 0 Å². The van der Waals surface area contributed by atoms with Crippen LogP contribution in [0.4, 0.5) is 4.79 Å². The Kier molecular flexibility index (Phi) is 6.54. The molecule has 18 heavy (non-hydrogen) atoms. The van der Waals surface area contributed by atoms with Gasteiger partial charge in [-0.1, -0.05) is 26.2 Å². The minimum Gasteiger partial charge on any atom is -0.481 e. The summed E-state index contributed by atoms with van der Waals surface area (Å²) in [7, 11) is 0. The topological polar surface area (TPSA) is 69.6 Å². The summed E-state index contributed by atoms with van der Waals surface area (Å²) in [6.45, 7) is 3.16. The lowest BCUT2D eigenvalue weighted by molar-refractivity contribution is -0.137. The molecule has 1 aliphatic carbocycles. The fourth-order valence-electron chi connectivity index (χ4n) is 1.90. The van der Waals surface area contributed by atoms with Crippen molar-refractivity contribution in [3.8, 4) is 0 Å². The molecule has 0 bridgehead atoms. The standard InChI is InChI=1S/C13H24N2O3/c1-2-3-4-5-9-14-13(18)15(11-6-7-11)10-8-12(16)17/h11H,2-10H2,1H3,(H,14,18)(H,16,17). The quantitative estimate of drug-likeness (QED) is 0.621. The highest BCUT2D eigenvalue weighted by Gasteiger charge is 2.32. The number of hydrogen-bond donors (Lipinski definition) is 2. The van der Waals surface area contributed by atoms with E-state index in [-0.39, 0.29) is 18.5 Å². The van der Waals surface area contributed by atoms with Crippen molar-refractivity contribution in [3.05, 3.63) is 0 Å². The van der Waals surface area contributed by atoms with Gasteiger partial charge in [-0.3, -0.25) is 4.79 Å². The first-order valence-electron chi connectivity index (χ1n) is 6.91.